The number of ketones is 2. The molecule has 272 valence electrons. The van der Waals surface area contributed by atoms with Gasteiger partial charge in [0.15, 0.2) is 11.6 Å². The van der Waals surface area contributed by atoms with E-state index in [0.717, 1.165) is 0 Å². The van der Waals surface area contributed by atoms with E-state index in [4.69, 9.17) is 128 Å². The van der Waals surface area contributed by atoms with Crippen LogP contribution >= 0.6 is 31.3 Å². The summed E-state index contributed by atoms with van der Waals surface area (Å²) in [7, 11) is -18.6. The molecule has 0 spiro atoms. The summed E-state index contributed by atoms with van der Waals surface area (Å²) in [5.41, 5.74) is 0. The van der Waals surface area contributed by atoms with E-state index in [0.29, 0.717) is 0 Å². The minimum atomic E-state index is -4.64. The van der Waals surface area contributed by atoms with Gasteiger partial charge in [0.25, 0.3) is 0 Å². The minimum absolute atomic E-state index is 0.767. The van der Waals surface area contributed by atoms with Crippen LogP contribution in [0, 0.1) is 0 Å². The van der Waals surface area contributed by atoms with Crippen LogP contribution in [0.3, 0.4) is 0 Å². The predicted octanol–water partition coefficient (Wildman–Crippen LogP) is -10.5. The number of carbonyl (C=O) groups is 2. The average molecular weight is 752 g/mol. The molecule has 0 aromatic heterocycles. The third kappa shape index (κ3) is 68.5. The lowest BCUT2D eigenvalue weighted by atomic mass is 10.1. The van der Waals surface area contributed by atoms with E-state index in [1.54, 1.807) is 0 Å². The molecule has 0 aromatic carbocycles. The van der Waals surface area contributed by atoms with Gasteiger partial charge in [-0.2, -0.15) is 0 Å². The van der Waals surface area contributed by atoms with Crippen LogP contribution in [0.15, 0.2) is 0 Å². The Morgan fingerprint density at radius 1 is 0.409 bits per heavy atom. The molecule has 0 heterocycles. The van der Waals surface area contributed by atoms with Gasteiger partial charge in [-0.15, -0.1) is 0 Å². The van der Waals surface area contributed by atoms with Crippen molar-refractivity contribution in [2.45, 2.75) is 36.6 Å². The van der Waals surface area contributed by atoms with Gasteiger partial charge < -0.3 is 110 Å². The van der Waals surface area contributed by atoms with Crippen molar-refractivity contribution in [3.8, 4) is 0 Å². The summed E-state index contributed by atoms with van der Waals surface area (Å²) >= 11 is 0. The van der Waals surface area contributed by atoms with E-state index >= 15 is 0 Å². The van der Waals surface area contributed by atoms with Crippen LogP contribution in [0.25, 0.3) is 0 Å². The second kappa shape index (κ2) is 27.5. The lowest BCUT2D eigenvalue weighted by molar-refractivity contribution is -0.143. The Balaban J connectivity index is -0.000000104. The van der Waals surface area contributed by atoms with Crippen molar-refractivity contribution in [3.05, 3.63) is 0 Å². The van der Waals surface area contributed by atoms with Gasteiger partial charge >= 0.3 is 31.3 Å². The average Bonchev–Trinajstić information content (AvgIpc) is 2.81. The SMILES string of the molecule is O=C(CO)C(O)C(O)C(O)CO.O=C(CO)C(O)C(O)C(O)CO.O=P(O)(O)O.O=P(O)(O)O.O=P(O)(O)O.O=P(O)(O)O. The van der Waals surface area contributed by atoms with Gasteiger partial charge in [0, 0.05) is 0 Å². The highest BCUT2D eigenvalue weighted by Crippen LogP contribution is 2.27. The van der Waals surface area contributed by atoms with Crippen LogP contribution in [-0.4, -0.2) is 184 Å². The highest BCUT2D eigenvalue weighted by molar-refractivity contribution is 7.45. The van der Waals surface area contributed by atoms with Crippen molar-refractivity contribution >= 4 is 42.9 Å². The van der Waals surface area contributed by atoms with E-state index in [-0.39, 0.29) is 0 Å². The first-order chi connectivity index (χ1) is 19.1. The fourth-order valence-electron chi connectivity index (χ4n) is 1.20. The molecule has 0 bridgehead atoms. The minimum Gasteiger partial charge on any atom is -0.394 e. The lowest BCUT2D eigenvalue weighted by Crippen LogP contribution is -2.44. The Kier molecular flexibility index (Phi) is 34.8. The van der Waals surface area contributed by atoms with Crippen LogP contribution in [0.2, 0.25) is 0 Å². The van der Waals surface area contributed by atoms with E-state index < -0.39 is 106 Å². The number of hydrogen-bond acceptors (Lipinski definition) is 16. The number of aliphatic hydroxyl groups is 10. The Morgan fingerprint density at radius 2 is 0.545 bits per heavy atom. The molecule has 0 rings (SSSR count). The molecular formula is C12H36O28P4. The second-order valence-electron chi connectivity index (χ2n) is 6.67. The predicted molar refractivity (Wildman–Crippen MR) is 131 cm³/mol. The van der Waals surface area contributed by atoms with Crippen LogP contribution in [-0.2, 0) is 27.8 Å². The standard InChI is InChI=1S/2C6H12O6.4H3O4P/c2*7-1-3(9)5(11)6(12)4(10)2-8;4*1-5(2,3)4/h2*3,5-9,11-12H,1-2H2;4*(H3,1,2,3,4). The maximum atomic E-state index is 10.5. The summed E-state index contributed by atoms with van der Waals surface area (Å²) in [5.74, 6) is -2.01. The van der Waals surface area contributed by atoms with E-state index in [1.807, 2.05) is 0 Å². The maximum Gasteiger partial charge on any atom is 0.466 e. The monoisotopic (exact) mass is 752 g/mol. The molecule has 6 unspecified atom stereocenters. The van der Waals surface area contributed by atoms with Gasteiger partial charge in [0.2, 0.25) is 0 Å². The van der Waals surface area contributed by atoms with Gasteiger partial charge in [-0.1, -0.05) is 0 Å². The zero-order valence-corrected chi connectivity index (χ0v) is 24.9. The van der Waals surface area contributed by atoms with Crippen molar-refractivity contribution in [1.82, 2.24) is 0 Å². The molecule has 0 radical (unpaired) electrons. The fraction of sp³-hybridized carbons (Fsp3) is 0.833. The van der Waals surface area contributed by atoms with Crippen LogP contribution in [0.1, 0.15) is 0 Å². The molecule has 28 nitrogen and oxygen atoms in total. The summed E-state index contributed by atoms with van der Waals surface area (Å²) in [4.78, 5) is 107. The van der Waals surface area contributed by atoms with Crippen molar-refractivity contribution in [2.75, 3.05) is 26.4 Å². The van der Waals surface area contributed by atoms with Gasteiger partial charge in [-0.3, -0.25) is 9.59 Å². The molecule has 0 aliphatic rings. The van der Waals surface area contributed by atoms with Gasteiger partial charge in [-0.25, -0.2) is 18.3 Å². The molecule has 0 aliphatic carbocycles. The number of hydrogen-bond donors (Lipinski definition) is 22. The molecule has 0 saturated heterocycles. The summed E-state index contributed by atoms with van der Waals surface area (Å²) in [5, 5.41) is 86.1. The van der Waals surface area contributed by atoms with Crippen molar-refractivity contribution < 1.29 is 138 Å². The topological polar surface area (TPSA) is 547 Å². The largest absolute Gasteiger partial charge is 0.466 e. The van der Waals surface area contributed by atoms with Gasteiger partial charge in [0.05, 0.1) is 13.2 Å². The smallest absolute Gasteiger partial charge is 0.394 e. The Labute approximate surface area is 244 Å². The second-order valence-corrected chi connectivity index (χ2v) is 10.8. The molecule has 0 fully saturated rings. The van der Waals surface area contributed by atoms with Crippen molar-refractivity contribution in [3.63, 3.8) is 0 Å². The van der Waals surface area contributed by atoms with Crippen LogP contribution in [0.4, 0.5) is 0 Å². The van der Waals surface area contributed by atoms with E-state index in [9.17, 15) is 9.59 Å². The normalized spacial score (nSPS) is 15.4. The molecule has 32 heteroatoms. The third-order valence-electron chi connectivity index (χ3n) is 2.78. The van der Waals surface area contributed by atoms with Gasteiger partial charge in [-0.05, 0) is 0 Å². The Bertz CT molecular complexity index is 771. The van der Waals surface area contributed by atoms with Crippen LogP contribution < -0.4 is 0 Å². The van der Waals surface area contributed by atoms with Crippen LogP contribution in [0.5, 0.6) is 0 Å². The van der Waals surface area contributed by atoms with Gasteiger partial charge in [0.1, 0.15) is 49.8 Å². The van der Waals surface area contributed by atoms with Crippen molar-refractivity contribution in [2.24, 2.45) is 0 Å². The van der Waals surface area contributed by atoms with E-state index in [2.05, 4.69) is 0 Å². The Hall–Kier alpha value is -0.620. The molecule has 6 atom stereocenters. The van der Waals surface area contributed by atoms with Crippen molar-refractivity contribution in [1.29, 1.82) is 0 Å². The summed E-state index contributed by atoms with van der Waals surface area (Å²) in [6.07, 6.45) is -10.4. The Morgan fingerprint density at radius 3 is 0.636 bits per heavy atom. The zero-order valence-electron chi connectivity index (χ0n) is 21.4. The fourth-order valence-corrected chi connectivity index (χ4v) is 1.20. The summed E-state index contributed by atoms with van der Waals surface area (Å²) in [6, 6.07) is 0. The summed E-state index contributed by atoms with van der Waals surface area (Å²) < 4.78 is 35.5. The molecule has 44 heavy (non-hydrogen) atoms. The van der Waals surface area contributed by atoms with E-state index in [1.165, 1.54) is 0 Å². The first kappa shape index (κ1) is 55.8. The lowest BCUT2D eigenvalue weighted by Gasteiger charge is -2.19. The number of rotatable bonds is 10. The highest BCUT2D eigenvalue weighted by atomic mass is 31.2. The molecule has 0 aliphatic heterocycles. The number of Topliss-reactive ketones (excluding diaryl/α,β-unsaturated/α-hetero) is 2. The number of aliphatic hydroxyl groups excluding tert-OH is 10. The first-order valence-electron chi connectivity index (χ1n) is 9.79. The highest BCUT2D eigenvalue weighted by Gasteiger charge is 2.29. The maximum absolute atomic E-state index is 10.5. The number of carbonyl (C=O) groups excluding carboxylic acids is 2. The zero-order chi connectivity index (χ0) is 37.4. The summed E-state index contributed by atoms with van der Waals surface area (Å²) in [6.45, 7) is -3.37. The third-order valence-corrected chi connectivity index (χ3v) is 2.78. The number of phosphoric acid groups is 4. The quantitative estimate of drug-likeness (QED) is 0.0921. The molecule has 0 aromatic rings. The molecule has 0 saturated carbocycles. The first-order valence-corrected chi connectivity index (χ1v) is 16.0. The molecule has 0 amide bonds. The molecule has 22 N–H and O–H groups in total. The molecular weight excluding hydrogens is 716 g/mol.